The second-order valence-corrected chi connectivity index (χ2v) is 7.16. The Morgan fingerprint density at radius 3 is 2.57 bits per heavy atom. The summed E-state index contributed by atoms with van der Waals surface area (Å²) in [5.41, 5.74) is 3.52. The predicted molar refractivity (Wildman–Crippen MR) is 94.5 cm³/mol. The molecule has 1 aliphatic rings. The van der Waals surface area contributed by atoms with Gasteiger partial charge in [-0.05, 0) is 46.7 Å². The van der Waals surface area contributed by atoms with Crippen LogP contribution in [0.25, 0.3) is 0 Å². The second kappa shape index (κ2) is 8.81. The van der Waals surface area contributed by atoms with Crippen molar-refractivity contribution in [3.8, 4) is 0 Å². The molecule has 0 amide bonds. The van der Waals surface area contributed by atoms with Crippen LogP contribution in [-0.4, -0.2) is 53.1 Å². The topological polar surface area (TPSA) is 53.3 Å². The van der Waals surface area contributed by atoms with E-state index >= 15 is 0 Å². The molecule has 132 valence electrons. The van der Waals surface area contributed by atoms with Crippen LogP contribution in [0.1, 0.15) is 49.1 Å². The molecule has 2 rings (SSSR count). The van der Waals surface area contributed by atoms with E-state index in [1.165, 1.54) is 43.4 Å². The summed E-state index contributed by atoms with van der Waals surface area (Å²) < 4.78 is 1.91. The number of nitrogens with one attached hydrogen (secondary N) is 1. The summed E-state index contributed by atoms with van der Waals surface area (Å²) in [6.45, 7) is 6.76. The number of nitrogens with zero attached hydrogens (tertiary/aromatic N) is 3. The van der Waals surface area contributed by atoms with Gasteiger partial charge in [-0.15, -0.1) is 0 Å². The summed E-state index contributed by atoms with van der Waals surface area (Å²) in [6, 6.07) is 0.614. The smallest absolute Gasteiger partial charge is 0.0644 e. The van der Waals surface area contributed by atoms with Crippen molar-refractivity contribution in [2.24, 2.45) is 5.92 Å². The second-order valence-electron chi connectivity index (χ2n) is 7.16. The van der Waals surface area contributed by atoms with Crippen molar-refractivity contribution in [2.75, 3.05) is 27.2 Å². The van der Waals surface area contributed by atoms with E-state index in [1.807, 2.05) is 4.68 Å². The summed E-state index contributed by atoms with van der Waals surface area (Å²) in [4.78, 5) is 2.39. The minimum atomic E-state index is 0.138. The molecule has 1 aromatic rings. The molecule has 0 aliphatic heterocycles. The van der Waals surface area contributed by atoms with Crippen LogP contribution in [0, 0.1) is 19.8 Å². The van der Waals surface area contributed by atoms with Gasteiger partial charge in [0.2, 0.25) is 0 Å². The van der Waals surface area contributed by atoms with E-state index in [0.29, 0.717) is 12.6 Å². The van der Waals surface area contributed by atoms with Crippen molar-refractivity contribution >= 4 is 0 Å². The Balaban J connectivity index is 1.92. The highest BCUT2D eigenvalue weighted by molar-refractivity contribution is 5.24. The lowest BCUT2D eigenvalue weighted by Crippen LogP contribution is -2.43. The largest absolute Gasteiger partial charge is 0.394 e. The van der Waals surface area contributed by atoms with Crippen molar-refractivity contribution in [2.45, 2.75) is 65.1 Å². The van der Waals surface area contributed by atoms with E-state index < -0.39 is 0 Å². The average Bonchev–Trinajstić information content (AvgIpc) is 2.79. The fourth-order valence-corrected chi connectivity index (χ4v) is 3.94. The van der Waals surface area contributed by atoms with Gasteiger partial charge in [0.15, 0.2) is 0 Å². The lowest BCUT2D eigenvalue weighted by atomic mass is 9.83. The van der Waals surface area contributed by atoms with E-state index in [4.69, 9.17) is 5.11 Å². The molecule has 1 aliphatic carbocycles. The molecule has 0 radical (unpaired) electrons. The summed E-state index contributed by atoms with van der Waals surface area (Å²) in [7, 11) is 4.41. The van der Waals surface area contributed by atoms with Crippen LogP contribution in [0.15, 0.2) is 0 Å². The predicted octanol–water partition coefficient (Wildman–Crippen LogP) is 2.09. The highest BCUT2D eigenvalue weighted by atomic mass is 16.3. The molecule has 1 aromatic heterocycles. The molecule has 0 aromatic carbocycles. The Bertz CT molecular complexity index is 478. The molecule has 1 saturated carbocycles. The zero-order valence-electron chi connectivity index (χ0n) is 15.3. The molecule has 0 bridgehead atoms. The first-order valence-electron chi connectivity index (χ1n) is 9.05. The average molecular weight is 322 g/mol. The molecule has 2 N–H and O–H groups in total. The Morgan fingerprint density at radius 1 is 1.26 bits per heavy atom. The minimum Gasteiger partial charge on any atom is -0.394 e. The van der Waals surface area contributed by atoms with Gasteiger partial charge in [0.1, 0.15) is 0 Å². The van der Waals surface area contributed by atoms with Gasteiger partial charge in [0, 0.05) is 30.4 Å². The van der Waals surface area contributed by atoms with Gasteiger partial charge in [0.05, 0.1) is 18.8 Å². The van der Waals surface area contributed by atoms with Crippen LogP contribution in [0.2, 0.25) is 0 Å². The van der Waals surface area contributed by atoms with Crippen molar-refractivity contribution in [3.05, 3.63) is 17.0 Å². The molecule has 1 unspecified atom stereocenters. The number of rotatable bonds is 8. The summed E-state index contributed by atoms with van der Waals surface area (Å²) in [5, 5.41) is 17.3. The third-order valence-corrected chi connectivity index (χ3v) is 5.36. The maximum Gasteiger partial charge on any atom is 0.0644 e. The molecule has 5 nitrogen and oxygen atoms in total. The highest BCUT2D eigenvalue weighted by Crippen LogP contribution is 2.28. The van der Waals surface area contributed by atoms with Gasteiger partial charge in [-0.1, -0.05) is 19.3 Å². The number of hydrogen-bond donors (Lipinski definition) is 2. The molecule has 23 heavy (non-hydrogen) atoms. The number of aryl methyl sites for hydroxylation is 1. The van der Waals surface area contributed by atoms with Gasteiger partial charge < -0.3 is 15.3 Å². The Hall–Kier alpha value is -0.910. The molecule has 1 heterocycles. The van der Waals surface area contributed by atoms with E-state index in [0.717, 1.165) is 24.7 Å². The normalized spacial score (nSPS) is 17.8. The minimum absolute atomic E-state index is 0.138. The molecular weight excluding hydrogens is 288 g/mol. The van der Waals surface area contributed by atoms with Gasteiger partial charge >= 0.3 is 0 Å². The third-order valence-electron chi connectivity index (χ3n) is 5.36. The Labute approximate surface area is 141 Å². The van der Waals surface area contributed by atoms with E-state index in [-0.39, 0.29) is 6.61 Å². The zero-order chi connectivity index (χ0) is 16.8. The quantitative estimate of drug-likeness (QED) is 0.769. The number of aliphatic hydroxyl groups is 1. The molecule has 5 heteroatoms. The van der Waals surface area contributed by atoms with Crippen molar-refractivity contribution in [3.63, 3.8) is 0 Å². The lowest BCUT2D eigenvalue weighted by Gasteiger charge is -2.35. The fraction of sp³-hybridized carbons (Fsp3) is 0.833. The van der Waals surface area contributed by atoms with Crippen LogP contribution in [0.3, 0.4) is 0 Å². The summed E-state index contributed by atoms with van der Waals surface area (Å²) >= 11 is 0. The molecule has 1 atom stereocenters. The zero-order valence-corrected chi connectivity index (χ0v) is 15.3. The fourth-order valence-electron chi connectivity index (χ4n) is 3.94. The van der Waals surface area contributed by atoms with Crippen molar-refractivity contribution in [1.82, 2.24) is 20.0 Å². The first-order valence-corrected chi connectivity index (χ1v) is 9.05. The SMILES string of the molecule is Cc1nn(CCO)c(C)c1CNCC(C1CCCCC1)N(C)C. The van der Waals surface area contributed by atoms with Crippen molar-refractivity contribution < 1.29 is 5.11 Å². The standard InChI is InChI=1S/C18H34N4O/c1-14-17(15(2)22(20-14)10-11-23)12-19-13-18(21(3)4)16-8-6-5-7-9-16/h16,18-19,23H,5-13H2,1-4H3. The Kier molecular flexibility index (Phi) is 7.06. The monoisotopic (exact) mass is 322 g/mol. The summed E-state index contributed by atoms with van der Waals surface area (Å²) in [5.74, 6) is 0.825. The van der Waals surface area contributed by atoms with E-state index in [9.17, 15) is 0 Å². The van der Waals surface area contributed by atoms with E-state index in [2.05, 4.69) is 43.3 Å². The maximum atomic E-state index is 9.12. The number of likely N-dealkylation sites (N-methyl/N-ethyl adjacent to an activating group) is 1. The molecule has 0 saturated heterocycles. The van der Waals surface area contributed by atoms with Gasteiger partial charge in [-0.3, -0.25) is 4.68 Å². The first kappa shape index (κ1) is 18.4. The van der Waals surface area contributed by atoms with Gasteiger partial charge in [-0.2, -0.15) is 5.10 Å². The summed E-state index contributed by atoms with van der Waals surface area (Å²) in [6.07, 6.45) is 6.93. The maximum absolute atomic E-state index is 9.12. The molecular formula is C18H34N4O. The highest BCUT2D eigenvalue weighted by Gasteiger charge is 2.25. The number of aromatic nitrogens is 2. The van der Waals surface area contributed by atoms with Crippen LogP contribution in [0.4, 0.5) is 0 Å². The Morgan fingerprint density at radius 2 is 1.96 bits per heavy atom. The van der Waals surface area contributed by atoms with Crippen LogP contribution < -0.4 is 5.32 Å². The molecule has 1 fully saturated rings. The lowest BCUT2D eigenvalue weighted by molar-refractivity contribution is 0.166. The van der Waals surface area contributed by atoms with Crippen molar-refractivity contribution in [1.29, 1.82) is 0 Å². The van der Waals surface area contributed by atoms with Crippen LogP contribution in [-0.2, 0) is 13.1 Å². The van der Waals surface area contributed by atoms with Crippen LogP contribution >= 0.6 is 0 Å². The van der Waals surface area contributed by atoms with Gasteiger partial charge in [-0.25, -0.2) is 0 Å². The van der Waals surface area contributed by atoms with Gasteiger partial charge in [0.25, 0.3) is 0 Å². The van der Waals surface area contributed by atoms with E-state index in [1.54, 1.807) is 0 Å². The third kappa shape index (κ3) is 4.78. The number of hydrogen-bond acceptors (Lipinski definition) is 4. The van der Waals surface area contributed by atoms with Crippen LogP contribution in [0.5, 0.6) is 0 Å². The molecule has 0 spiro atoms. The number of aliphatic hydroxyl groups excluding tert-OH is 1. The first-order chi connectivity index (χ1) is 11.0.